The van der Waals surface area contributed by atoms with E-state index in [1.807, 2.05) is 12.1 Å². The highest BCUT2D eigenvalue weighted by Crippen LogP contribution is 2.39. The number of rotatable bonds is 4. The molecule has 2 N–H and O–H groups in total. The Hall–Kier alpha value is -0.250. The molecule has 0 heterocycles. The van der Waals surface area contributed by atoms with E-state index in [1.165, 1.54) is 0 Å². The number of methoxy groups -OCH3 is 1. The van der Waals surface area contributed by atoms with Gasteiger partial charge in [0.25, 0.3) is 0 Å². The van der Waals surface area contributed by atoms with Gasteiger partial charge < -0.3 is 10.5 Å². The molecule has 0 aliphatic rings. The number of ether oxygens (including phenoxy) is 1. The van der Waals surface area contributed by atoms with Crippen molar-refractivity contribution in [1.29, 1.82) is 0 Å². The first-order valence-electron chi connectivity index (χ1n) is 6.45. The van der Waals surface area contributed by atoms with E-state index in [4.69, 9.17) is 22.1 Å². The van der Waals surface area contributed by atoms with E-state index in [2.05, 4.69) is 43.6 Å². The van der Waals surface area contributed by atoms with Crippen molar-refractivity contribution in [2.75, 3.05) is 7.11 Å². The summed E-state index contributed by atoms with van der Waals surface area (Å²) in [5.41, 5.74) is 7.54. The van der Waals surface area contributed by atoms with Gasteiger partial charge in [-0.05, 0) is 45.8 Å². The van der Waals surface area contributed by atoms with E-state index < -0.39 is 0 Å². The van der Waals surface area contributed by atoms with Crippen molar-refractivity contribution in [3.8, 4) is 5.75 Å². The molecule has 0 aromatic heterocycles. The Morgan fingerprint density at radius 1 is 1.37 bits per heavy atom. The van der Waals surface area contributed by atoms with Crippen molar-refractivity contribution in [3.05, 3.63) is 27.2 Å². The lowest BCUT2D eigenvalue weighted by Crippen LogP contribution is -2.23. The predicted molar refractivity (Wildman–Crippen MR) is 85.9 cm³/mol. The molecule has 0 fully saturated rings. The zero-order valence-electron chi connectivity index (χ0n) is 12.3. The predicted octanol–water partition coefficient (Wildman–Crippen LogP) is 5.18. The fraction of sp³-hybridized carbons (Fsp3) is 0.600. The average molecular weight is 349 g/mol. The highest BCUT2D eigenvalue weighted by Gasteiger charge is 2.25. The topological polar surface area (TPSA) is 35.2 Å². The molecule has 0 saturated carbocycles. The standard InChI is InChI=1S/C15H23BrClNO/c1-9(15(2,3)4)6-13(18)11-7-10(17)8-12(16)14(11)19-5/h7-9,13H,6,18H2,1-5H3. The number of halogens is 2. The second-order valence-corrected chi connectivity index (χ2v) is 7.41. The minimum Gasteiger partial charge on any atom is -0.495 e. The lowest BCUT2D eigenvalue weighted by Gasteiger charge is -2.30. The van der Waals surface area contributed by atoms with Crippen LogP contribution < -0.4 is 10.5 Å². The summed E-state index contributed by atoms with van der Waals surface area (Å²) in [5.74, 6) is 1.28. The van der Waals surface area contributed by atoms with E-state index in [-0.39, 0.29) is 11.5 Å². The molecule has 0 bridgehead atoms. The van der Waals surface area contributed by atoms with E-state index in [0.717, 1.165) is 22.2 Å². The summed E-state index contributed by atoms with van der Waals surface area (Å²) in [4.78, 5) is 0. The van der Waals surface area contributed by atoms with Crippen LogP contribution in [0.25, 0.3) is 0 Å². The fourth-order valence-electron chi connectivity index (χ4n) is 1.93. The molecule has 0 saturated heterocycles. The number of benzene rings is 1. The molecule has 4 heteroatoms. The molecular formula is C15H23BrClNO. The Kier molecular flexibility index (Phi) is 5.72. The molecule has 2 unspecified atom stereocenters. The maximum Gasteiger partial charge on any atom is 0.137 e. The van der Waals surface area contributed by atoms with Gasteiger partial charge in [-0.15, -0.1) is 0 Å². The first kappa shape index (κ1) is 16.8. The highest BCUT2D eigenvalue weighted by atomic mass is 79.9. The van der Waals surface area contributed by atoms with E-state index in [1.54, 1.807) is 7.11 Å². The zero-order valence-corrected chi connectivity index (χ0v) is 14.6. The second-order valence-electron chi connectivity index (χ2n) is 6.12. The second kappa shape index (κ2) is 6.47. The van der Waals surface area contributed by atoms with Gasteiger partial charge in [0.1, 0.15) is 5.75 Å². The summed E-state index contributed by atoms with van der Waals surface area (Å²) in [6, 6.07) is 3.63. The van der Waals surface area contributed by atoms with Gasteiger partial charge in [-0.1, -0.05) is 39.3 Å². The van der Waals surface area contributed by atoms with Crippen LogP contribution >= 0.6 is 27.5 Å². The Morgan fingerprint density at radius 3 is 2.42 bits per heavy atom. The molecule has 108 valence electrons. The van der Waals surface area contributed by atoms with Crippen LogP contribution in [0.1, 0.15) is 45.7 Å². The van der Waals surface area contributed by atoms with Crippen molar-refractivity contribution in [2.24, 2.45) is 17.1 Å². The summed E-state index contributed by atoms with van der Waals surface area (Å²) in [6.45, 7) is 8.92. The molecule has 0 radical (unpaired) electrons. The lowest BCUT2D eigenvalue weighted by molar-refractivity contribution is 0.232. The SMILES string of the molecule is COc1c(Br)cc(Cl)cc1C(N)CC(C)C(C)(C)C. The van der Waals surface area contributed by atoms with Crippen LogP contribution in [-0.2, 0) is 0 Å². The van der Waals surface area contributed by atoms with Gasteiger partial charge in [0.15, 0.2) is 0 Å². The van der Waals surface area contributed by atoms with Gasteiger partial charge in [0, 0.05) is 16.6 Å². The van der Waals surface area contributed by atoms with E-state index in [0.29, 0.717) is 10.9 Å². The van der Waals surface area contributed by atoms with Gasteiger partial charge in [-0.3, -0.25) is 0 Å². The van der Waals surface area contributed by atoms with Crippen LogP contribution in [0, 0.1) is 11.3 Å². The van der Waals surface area contributed by atoms with Crippen LogP contribution in [0.5, 0.6) is 5.75 Å². The van der Waals surface area contributed by atoms with Crippen LogP contribution in [0.3, 0.4) is 0 Å². The summed E-state index contributed by atoms with van der Waals surface area (Å²) in [6.07, 6.45) is 0.895. The lowest BCUT2D eigenvalue weighted by atomic mass is 9.77. The highest BCUT2D eigenvalue weighted by molar-refractivity contribution is 9.10. The molecule has 0 spiro atoms. The summed E-state index contributed by atoms with van der Waals surface area (Å²) >= 11 is 9.58. The molecule has 19 heavy (non-hydrogen) atoms. The largest absolute Gasteiger partial charge is 0.495 e. The average Bonchev–Trinajstić information content (AvgIpc) is 2.26. The van der Waals surface area contributed by atoms with Crippen LogP contribution in [-0.4, -0.2) is 7.11 Å². The van der Waals surface area contributed by atoms with Crippen molar-refractivity contribution < 1.29 is 4.74 Å². The number of hydrogen-bond acceptors (Lipinski definition) is 2. The smallest absolute Gasteiger partial charge is 0.137 e. The summed E-state index contributed by atoms with van der Waals surface area (Å²) in [5, 5.41) is 0.668. The maximum atomic E-state index is 6.35. The van der Waals surface area contributed by atoms with Crippen molar-refractivity contribution in [2.45, 2.75) is 40.2 Å². The van der Waals surface area contributed by atoms with Crippen LogP contribution in [0.2, 0.25) is 5.02 Å². The van der Waals surface area contributed by atoms with Gasteiger partial charge in [-0.2, -0.15) is 0 Å². The Bertz CT molecular complexity index is 443. The van der Waals surface area contributed by atoms with Crippen LogP contribution in [0.4, 0.5) is 0 Å². The van der Waals surface area contributed by atoms with Gasteiger partial charge in [0.2, 0.25) is 0 Å². The van der Waals surface area contributed by atoms with Crippen molar-refractivity contribution >= 4 is 27.5 Å². The van der Waals surface area contributed by atoms with E-state index >= 15 is 0 Å². The molecule has 0 amide bonds. The molecule has 1 aromatic carbocycles. The monoisotopic (exact) mass is 347 g/mol. The molecule has 0 aliphatic heterocycles. The minimum absolute atomic E-state index is 0.0841. The Morgan fingerprint density at radius 2 is 1.95 bits per heavy atom. The molecular weight excluding hydrogens is 326 g/mol. The van der Waals surface area contributed by atoms with Gasteiger partial charge >= 0.3 is 0 Å². The molecule has 1 rings (SSSR count). The van der Waals surface area contributed by atoms with Gasteiger partial charge in [0.05, 0.1) is 11.6 Å². The summed E-state index contributed by atoms with van der Waals surface area (Å²) < 4.78 is 6.28. The number of hydrogen-bond donors (Lipinski definition) is 1. The third-order valence-corrected chi connectivity index (χ3v) is 4.53. The zero-order chi connectivity index (χ0) is 14.8. The maximum absolute atomic E-state index is 6.35. The first-order chi connectivity index (χ1) is 8.66. The third kappa shape index (κ3) is 4.37. The van der Waals surface area contributed by atoms with Crippen molar-refractivity contribution in [3.63, 3.8) is 0 Å². The molecule has 2 nitrogen and oxygen atoms in total. The van der Waals surface area contributed by atoms with E-state index in [9.17, 15) is 0 Å². The summed E-state index contributed by atoms with van der Waals surface area (Å²) in [7, 11) is 1.65. The molecule has 0 aliphatic carbocycles. The third-order valence-electron chi connectivity index (χ3n) is 3.73. The number of nitrogens with two attached hydrogens (primary N) is 1. The quantitative estimate of drug-likeness (QED) is 0.813. The molecule has 2 atom stereocenters. The van der Waals surface area contributed by atoms with Crippen LogP contribution in [0.15, 0.2) is 16.6 Å². The van der Waals surface area contributed by atoms with Gasteiger partial charge in [-0.25, -0.2) is 0 Å². The fourth-order valence-corrected chi connectivity index (χ4v) is 2.93. The minimum atomic E-state index is -0.0841. The molecule has 1 aromatic rings. The Balaban J connectivity index is 3.02. The normalized spacial score (nSPS) is 15.2. The Labute approximate surface area is 129 Å². The first-order valence-corrected chi connectivity index (χ1v) is 7.62. The van der Waals surface area contributed by atoms with Crippen molar-refractivity contribution in [1.82, 2.24) is 0 Å².